The fraction of sp³-hybridized carbons (Fsp3) is 0.600. The van der Waals surface area contributed by atoms with Crippen LogP contribution in [0.25, 0.3) is 0 Å². The maximum atomic E-state index is 10.2. The molecular formula is C5H9N3O3. The monoisotopic (exact) mass is 159 g/mol. The summed E-state index contributed by atoms with van der Waals surface area (Å²) in [6.07, 6.45) is 0.983. The van der Waals surface area contributed by atoms with Crippen molar-refractivity contribution in [2.75, 3.05) is 13.7 Å². The van der Waals surface area contributed by atoms with Crippen molar-refractivity contribution in [1.82, 2.24) is 10.2 Å². The second kappa shape index (κ2) is 2.75. The topological polar surface area (TPSA) is 78.6 Å². The van der Waals surface area contributed by atoms with Gasteiger partial charge in [0.1, 0.15) is 6.61 Å². The highest BCUT2D eigenvalue weighted by Crippen LogP contribution is 2.07. The fourth-order valence-electron chi connectivity index (χ4n) is 0.867. The van der Waals surface area contributed by atoms with Gasteiger partial charge in [0.05, 0.1) is 6.20 Å². The highest BCUT2D eigenvalue weighted by atomic mass is 16.6. The van der Waals surface area contributed by atoms with E-state index in [1.54, 1.807) is 11.9 Å². The predicted octanol–water partition coefficient (Wildman–Crippen LogP) is -1.08. The number of aliphatic hydroxyl groups is 1. The van der Waals surface area contributed by atoms with E-state index in [9.17, 15) is 10.1 Å². The van der Waals surface area contributed by atoms with Crippen molar-refractivity contribution in [1.29, 1.82) is 0 Å². The average molecular weight is 159 g/mol. The molecule has 1 heterocycles. The minimum atomic E-state index is -0.522. The number of likely N-dealkylation sites (N-methyl/N-ethyl adjacent to an activating group) is 1. The van der Waals surface area contributed by atoms with Crippen LogP contribution in [0.15, 0.2) is 12.0 Å². The van der Waals surface area contributed by atoms with E-state index in [4.69, 9.17) is 5.11 Å². The van der Waals surface area contributed by atoms with Gasteiger partial charge in [0.15, 0.2) is 6.17 Å². The van der Waals surface area contributed by atoms with Gasteiger partial charge in [0.25, 0.3) is 0 Å². The van der Waals surface area contributed by atoms with Crippen molar-refractivity contribution >= 4 is 0 Å². The van der Waals surface area contributed by atoms with Crippen LogP contribution in [-0.4, -0.2) is 34.8 Å². The average Bonchev–Trinajstić information content (AvgIpc) is 2.31. The molecule has 0 aliphatic carbocycles. The molecule has 0 radical (unpaired) electrons. The zero-order valence-corrected chi connectivity index (χ0v) is 6.02. The molecule has 1 unspecified atom stereocenters. The van der Waals surface area contributed by atoms with Gasteiger partial charge in [-0.05, 0) is 4.92 Å². The summed E-state index contributed by atoms with van der Waals surface area (Å²) in [5.74, 6) is -0.0773. The van der Waals surface area contributed by atoms with Gasteiger partial charge in [-0.25, -0.2) is 5.32 Å². The van der Waals surface area contributed by atoms with Gasteiger partial charge in [-0.15, -0.1) is 0 Å². The molecule has 1 aliphatic heterocycles. The number of nitro groups is 1. The number of nitrogens with zero attached hydrogens (tertiary/aromatic N) is 2. The van der Waals surface area contributed by atoms with Crippen LogP contribution in [0, 0.1) is 10.1 Å². The van der Waals surface area contributed by atoms with Crippen LogP contribution in [0.1, 0.15) is 0 Å². The van der Waals surface area contributed by atoms with Gasteiger partial charge >= 0.3 is 5.82 Å². The van der Waals surface area contributed by atoms with Crippen molar-refractivity contribution < 1.29 is 10.0 Å². The van der Waals surface area contributed by atoms with Crippen molar-refractivity contribution in [3.63, 3.8) is 0 Å². The molecule has 6 heteroatoms. The highest BCUT2D eigenvalue weighted by Gasteiger charge is 2.27. The Balaban J connectivity index is 2.63. The summed E-state index contributed by atoms with van der Waals surface area (Å²) >= 11 is 0. The third kappa shape index (κ3) is 1.40. The minimum Gasteiger partial charge on any atom is -0.390 e. The first-order valence-corrected chi connectivity index (χ1v) is 3.10. The van der Waals surface area contributed by atoms with Gasteiger partial charge in [0, 0.05) is 7.05 Å². The van der Waals surface area contributed by atoms with E-state index < -0.39 is 4.92 Å². The molecule has 0 aromatic rings. The Morgan fingerprint density at radius 3 is 2.91 bits per heavy atom. The lowest BCUT2D eigenvalue weighted by molar-refractivity contribution is -0.431. The van der Waals surface area contributed by atoms with Crippen LogP contribution in [0.2, 0.25) is 0 Å². The molecule has 6 nitrogen and oxygen atoms in total. The normalized spacial score (nSPS) is 22.9. The number of nitrogens with one attached hydrogen (secondary N) is 1. The Labute approximate surface area is 63.3 Å². The van der Waals surface area contributed by atoms with E-state index in [1.807, 2.05) is 0 Å². The third-order valence-electron chi connectivity index (χ3n) is 1.50. The lowest BCUT2D eigenvalue weighted by Crippen LogP contribution is -2.37. The summed E-state index contributed by atoms with van der Waals surface area (Å²) in [6.45, 7) is -0.148. The second-order valence-corrected chi connectivity index (χ2v) is 2.28. The molecular weight excluding hydrogens is 150 g/mol. The number of hydrogen-bond donors (Lipinski definition) is 2. The van der Waals surface area contributed by atoms with Crippen LogP contribution >= 0.6 is 0 Å². The number of hydrogen-bond acceptors (Lipinski definition) is 5. The molecule has 0 aromatic carbocycles. The lowest BCUT2D eigenvalue weighted by Gasteiger charge is -2.13. The largest absolute Gasteiger partial charge is 0.390 e. The van der Waals surface area contributed by atoms with E-state index in [-0.39, 0.29) is 18.6 Å². The van der Waals surface area contributed by atoms with Gasteiger partial charge < -0.3 is 20.1 Å². The zero-order valence-electron chi connectivity index (χ0n) is 6.02. The second-order valence-electron chi connectivity index (χ2n) is 2.28. The van der Waals surface area contributed by atoms with Crippen molar-refractivity contribution in [2.24, 2.45) is 0 Å². The SMILES string of the molecule is CN1C=C([N+](=O)[O-])NC1CO. The first-order chi connectivity index (χ1) is 5.15. The van der Waals surface area contributed by atoms with E-state index in [1.165, 1.54) is 6.20 Å². The maximum Gasteiger partial charge on any atom is 0.334 e. The summed E-state index contributed by atoms with van der Waals surface area (Å²) in [6, 6.07) is 0. The van der Waals surface area contributed by atoms with Crippen molar-refractivity contribution in [2.45, 2.75) is 6.17 Å². The van der Waals surface area contributed by atoms with Crippen LogP contribution < -0.4 is 5.32 Å². The lowest BCUT2D eigenvalue weighted by atomic mass is 10.5. The van der Waals surface area contributed by atoms with Crippen LogP contribution in [0.5, 0.6) is 0 Å². The summed E-state index contributed by atoms with van der Waals surface area (Å²) in [5, 5.41) is 21.4. The Morgan fingerprint density at radius 1 is 2.00 bits per heavy atom. The molecule has 62 valence electrons. The molecule has 0 spiro atoms. The maximum absolute atomic E-state index is 10.2. The molecule has 1 aliphatic rings. The van der Waals surface area contributed by atoms with Gasteiger partial charge in [0.2, 0.25) is 0 Å². The summed E-state index contributed by atoms with van der Waals surface area (Å²) in [7, 11) is 1.66. The Morgan fingerprint density at radius 2 is 2.64 bits per heavy atom. The molecule has 0 saturated carbocycles. The van der Waals surface area contributed by atoms with Crippen LogP contribution in [0.3, 0.4) is 0 Å². The molecule has 1 rings (SSSR count). The molecule has 1 atom stereocenters. The standard InChI is InChI=1S/C5H9N3O3/c1-7-2-4(8(10)11)6-5(7)3-9/h2,5-6,9H,3H2,1H3. The molecule has 0 aromatic heterocycles. The Hall–Kier alpha value is -1.30. The van der Waals surface area contributed by atoms with Crippen molar-refractivity contribution in [3.05, 3.63) is 22.1 Å². The molecule has 0 fully saturated rings. The van der Waals surface area contributed by atoms with Crippen molar-refractivity contribution in [3.8, 4) is 0 Å². The van der Waals surface area contributed by atoms with E-state index in [2.05, 4.69) is 5.32 Å². The minimum absolute atomic E-state index is 0.0773. The first-order valence-electron chi connectivity index (χ1n) is 3.10. The molecule has 11 heavy (non-hydrogen) atoms. The van der Waals surface area contributed by atoms with Crippen LogP contribution in [0.4, 0.5) is 0 Å². The van der Waals surface area contributed by atoms with Gasteiger partial charge in [-0.3, -0.25) is 0 Å². The van der Waals surface area contributed by atoms with Gasteiger partial charge in [-0.2, -0.15) is 0 Å². The Bertz CT molecular complexity index is 203. The molecule has 0 bridgehead atoms. The van der Waals surface area contributed by atoms with E-state index in [0.717, 1.165) is 0 Å². The molecule has 0 saturated heterocycles. The summed E-state index contributed by atoms with van der Waals surface area (Å²) in [5.41, 5.74) is 0. The number of aliphatic hydroxyl groups excluding tert-OH is 1. The zero-order chi connectivity index (χ0) is 8.43. The smallest absolute Gasteiger partial charge is 0.334 e. The third-order valence-corrected chi connectivity index (χ3v) is 1.50. The Kier molecular flexibility index (Phi) is 1.95. The molecule has 2 N–H and O–H groups in total. The molecule has 0 amide bonds. The van der Waals surface area contributed by atoms with Crippen LogP contribution in [-0.2, 0) is 0 Å². The quantitative estimate of drug-likeness (QED) is 0.395. The van der Waals surface area contributed by atoms with E-state index >= 15 is 0 Å². The fourth-order valence-corrected chi connectivity index (χ4v) is 0.867. The summed E-state index contributed by atoms with van der Waals surface area (Å²) < 4.78 is 0. The van der Waals surface area contributed by atoms with E-state index in [0.29, 0.717) is 0 Å². The summed E-state index contributed by atoms with van der Waals surface area (Å²) in [4.78, 5) is 11.2. The predicted molar refractivity (Wildman–Crippen MR) is 36.8 cm³/mol. The van der Waals surface area contributed by atoms with Gasteiger partial charge in [-0.1, -0.05) is 0 Å². The first kappa shape index (κ1) is 7.80. The highest BCUT2D eigenvalue weighted by molar-refractivity contribution is 4.99. The number of rotatable bonds is 2.